The monoisotopic (exact) mass is 301 g/mol. The van der Waals surface area contributed by atoms with Crippen molar-refractivity contribution in [2.24, 2.45) is 0 Å². The number of nitrogens with zero attached hydrogens (tertiary/aromatic N) is 1. The van der Waals surface area contributed by atoms with Gasteiger partial charge in [0.1, 0.15) is 6.54 Å². The Morgan fingerprint density at radius 1 is 0.619 bits per heavy atom. The molecule has 0 unspecified atom stereocenters. The van der Waals surface area contributed by atoms with Crippen molar-refractivity contribution in [3.05, 3.63) is 5.21 Å². The third-order valence-corrected chi connectivity index (χ3v) is 4.35. The van der Waals surface area contributed by atoms with Crippen molar-refractivity contribution in [2.75, 3.05) is 26.2 Å². The van der Waals surface area contributed by atoms with Crippen LogP contribution in [0.2, 0.25) is 0 Å². The summed E-state index contributed by atoms with van der Waals surface area (Å²) in [5.41, 5.74) is 0. The van der Waals surface area contributed by atoms with E-state index in [-0.39, 0.29) is 11.3 Å². The molecule has 0 aromatic carbocycles. The third kappa shape index (κ3) is 13.3. The summed E-state index contributed by atoms with van der Waals surface area (Å²) in [5, 5.41) is 21.8. The summed E-state index contributed by atoms with van der Waals surface area (Å²) in [6.45, 7) is 6.24. The number of rotatable bonds is 16. The molecule has 21 heavy (non-hydrogen) atoms. The van der Waals surface area contributed by atoms with Gasteiger partial charge >= 0.3 is 0 Å². The van der Waals surface area contributed by atoms with Crippen LogP contribution in [0.4, 0.5) is 0 Å². The summed E-state index contributed by atoms with van der Waals surface area (Å²) in [6.07, 6.45) is 14.6. The van der Waals surface area contributed by atoms with Gasteiger partial charge in [0.25, 0.3) is 0 Å². The van der Waals surface area contributed by atoms with Gasteiger partial charge in [-0.2, -0.15) is 0 Å². The highest BCUT2D eigenvalue weighted by Gasteiger charge is 2.15. The second-order valence-corrected chi connectivity index (χ2v) is 6.49. The van der Waals surface area contributed by atoms with Gasteiger partial charge in [-0.25, -0.2) is 0 Å². The standard InChI is InChI=1S/C18H39NO2/c1-3-5-7-9-11-13-15-19(21,17-18-20)16-14-12-10-8-6-4-2/h20H,3-18H2,1-2H3. The van der Waals surface area contributed by atoms with Gasteiger partial charge in [-0.05, 0) is 25.7 Å². The predicted molar refractivity (Wildman–Crippen MR) is 92.1 cm³/mol. The minimum atomic E-state index is -0.169. The van der Waals surface area contributed by atoms with Crippen molar-refractivity contribution in [2.45, 2.75) is 90.9 Å². The van der Waals surface area contributed by atoms with Gasteiger partial charge in [-0.15, -0.1) is 0 Å². The van der Waals surface area contributed by atoms with Crippen molar-refractivity contribution in [1.82, 2.24) is 0 Å². The topological polar surface area (TPSA) is 43.3 Å². The fourth-order valence-electron chi connectivity index (χ4n) is 2.88. The molecule has 3 heteroatoms. The van der Waals surface area contributed by atoms with Gasteiger partial charge in [0, 0.05) is 0 Å². The Morgan fingerprint density at radius 2 is 1.00 bits per heavy atom. The van der Waals surface area contributed by atoms with E-state index in [1.807, 2.05) is 0 Å². The molecule has 0 saturated heterocycles. The number of hydrogen-bond donors (Lipinski definition) is 1. The molecule has 0 aromatic heterocycles. The molecule has 0 atom stereocenters. The number of hydrogen-bond acceptors (Lipinski definition) is 2. The van der Waals surface area contributed by atoms with Crippen LogP contribution in [-0.2, 0) is 0 Å². The lowest BCUT2D eigenvalue weighted by molar-refractivity contribution is -0.881. The molecule has 0 aliphatic rings. The Bertz CT molecular complexity index is 193. The summed E-state index contributed by atoms with van der Waals surface area (Å²) < 4.78 is -0.169. The molecule has 0 aliphatic carbocycles. The van der Waals surface area contributed by atoms with Crippen molar-refractivity contribution in [3.8, 4) is 0 Å². The lowest BCUT2D eigenvalue weighted by Gasteiger charge is -2.42. The van der Waals surface area contributed by atoms with Gasteiger partial charge in [-0.3, -0.25) is 0 Å². The van der Waals surface area contributed by atoms with E-state index in [0.29, 0.717) is 19.6 Å². The van der Waals surface area contributed by atoms with Crippen LogP contribution >= 0.6 is 0 Å². The molecular formula is C18H39NO2. The highest BCUT2D eigenvalue weighted by atomic mass is 16.5. The number of unbranched alkanes of at least 4 members (excludes halogenated alkanes) is 10. The maximum Gasteiger partial charge on any atom is 0.102 e. The van der Waals surface area contributed by atoms with Crippen LogP contribution in [0.15, 0.2) is 0 Å². The van der Waals surface area contributed by atoms with E-state index < -0.39 is 0 Å². The fraction of sp³-hybridized carbons (Fsp3) is 1.00. The molecule has 3 nitrogen and oxygen atoms in total. The molecule has 0 aromatic rings. The molecule has 128 valence electrons. The Hall–Kier alpha value is -0.120. The minimum absolute atomic E-state index is 0.0230. The van der Waals surface area contributed by atoms with E-state index in [9.17, 15) is 5.21 Å². The molecule has 0 radical (unpaired) electrons. The first-order chi connectivity index (χ1) is 10.2. The van der Waals surface area contributed by atoms with Crippen LogP contribution in [0.3, 0.4) is 0 Å². The summed E-state index contributed by atoms with van der Waals surface area (Å²) in [6, 6.07) is 0. The van der Waals surface area contributed by atoms with Gasteiger partial charge in [0.2, 0.25) is 0 Å². The van der Waals surface area contributed by atoms with Gasteiger partial charge < -0.3 is 15.0 Å². The Kier molecular flexibility index (Phi) is 14.7. The van der Waals surface area contributed by atoms with Crippen LogP contribution in [0.25, 0.3) is 0 Å². The first kappa shape index (κ1) is 20.9. The maximum absolute atomic E-state index is 12.7. The quantitative estimate of drug-likeness (QED) is 0.247. The molecule has 0 heterocycles. The zero-order valence-electron chi connectivity index (χ0n) is 14.6. The van der Waals surface area contributed by atoms with Crippen molar-refractivity contribution in [3.63, 3.8) is 0 Å². The maximum atomic E-state index is 12.7. The Morgan fingerprint density at radius 3 is 1.38 bits per heavy atom. The van der Waals surface area contributed by atoms with Crippen molar-refractivity contribution in [1.29, 1.82) is 0 Å². The van der Waals surface area contributed by atoms with Crippen LogP contribution in [-0.4, -0.2) is 36.0 Å². The first-order valence-corrected chi connectivity index (χ1v) is 9.36. The summed E-state index contributed by atoms with van der Waals surface area (Å²) in [4.78, 5) is 0. The highest BCUT2D eigenvalue weighted by Crippen LogP contribution is 2.14. The minimum Gasteiger partial charge on any atom is -0.633 e. The second-order valence-electron chi connectivity index (χ2n) is 6.49. The van der Waals surface area contributed by atoms with E-state index in [0.717, 1.165) is 12.8 Å². The van der Waals surface area contributed by atoms with Crippen molar-refractivity contribution < 1.29 is 9.75 Å². The second kappa shape index (κ2) is 14.8. The molecule has 0 aliphatic heterocycles. The van der Waals surface area contributed by atoms with E-state index in [4.69, 9.17) is 5.11 Å². The van der Waals surface area contributed by atoms with E-state index in [1.54, 1.807) is 0 Å². The number of aliphatic hydroxyl groups excluding tert-OH is 1. The molecular weight excluding hydrogens is 262 g/mol. The summed E-state index contributed by atoms with van der Waals surface area (Å²) in [5.74, 6) is 0. The fourth-order valence-corrected chi connectivity index (χ4v) is 2.88. The smallest absolute Gasteiger partial charge is 0.102 e. The average Bonchev–Trinajstić information content (AvgIpc) is 2.47. The van der Waals surface area contributed by atoms with E-state index in [1.165, 1.54) is 64.2 Å². The predicted octanol–water partition coefficient (Wildman–Crippen LogP) is 5.01. The number of aliphatic hydroxyl groups is 1. The molecule has 0 spiro atoms. The van der Waals surface area contributed by atoms with Gasteiger partial charge in [0.15, 0.2) is 0 Å². The Labute approximate surface area is 132 Å². The largest absolute Gasteiger partial charge is 0.633 e. The first-order valence-electron chi connectivity index (χ1n) is 9.36. The van der Waals surface area contributed by atoms with Crippen LogP contribution < -0.4 is 0 Å². The van der Waals surface area contributed by atoms with Gasteiger partial charge in [0.05, 0.1) is 19.7 Å². The van der Waals surface area contributed by atoms with E-state index >= 15 is 0 Å². The lowest BCUT2D eigenvalue weighted by atomic mass is 10.1. The van der Waals surface area contributed by atoms with Crippen LogP contribution in [0, 0.1) is 5.21 Å². The summed E-state index contributed by atoms with van der Waals surface area (Å²) >= 11 is 0. The average molecular weight is 302 g/mol. The summed E-state index contributed by atoms with van der Waals surface area (Å²) in [7, 11) is 0. The van der Waals surface area contributed by atoms with Crippen molar-refractivity contribution >= 4 is 0 Å². The molecule has 0 amide bonds. The van der Waals surface area contributed by atoms with Gasteiger partial charge in [-0.1, -0.05) is 65.2 Å². The molecule has 1 N–H and O–H groups in total. The normalized spacial score (nSPS) is 12.0. The SMILES string of the molecule is CCCCCCCC[N+]([O-])(CCO)CCCCCCCC. The zero-order chi connectivity index (χ0) is 15.8. The number of quaternary nitrogens is 1. The zero-order valence-corrected chi connectivity index (χ0v) is 14.6. The molecule has 0 rings (SSSR count). The third-order valence-electron chi connectivity index (χ3n) is 4.35. The van der Waals surface area contributed by atoms with Crippen LogP contribution in [0.5, 0.6) is 0 Å². The van der Waals surface area contributed by atoms with Crippen LogP contribution in [0.1, 0.15) is 90.9 Å². The highest BCUT2D eigenvalue weighted by molar-refractivity contribution is 4.51. The molecule has 0 fully saturated rings. The van der Waals surface area contributed by atoms with E-state index in [2.05, 4.69) is 13.8 Å². The lowest BCUT2D eigenvalue weighted by Crippen LogP contribution is -2.45. The number of hydroxylamine groups is 3. The molecule has 0 bridgehead atoms. The molecule has 0 saturated carbocycles. The Balaban J connectivity index is 3.73.